The minimum absolute atomic E-state index is 0.746. The fraction of sp³-hybridized carbons (Fsp3) is 0.647. The normalized spacial score (nSPS) is 41.4. The molecule has 3 fully saturated rings. The summed E-state index contributed by atoms with van der Waals surface area (Å²) in [6, 6.07) is 14.2. The number of hydrogen-bond acceptors (Lipinski definition) is 2. The summed E-state index contributed by atoms with van der Waals surface area (Å²) in [5.41, 5.74) is 1.52. The van der Waals surface area contributed by atoms with Gasteiger partial charge in [0.05, 0.1) is 0 Å². The number of benzene rings is 1. The van der Waals surface area contributed by atoms with Gasteiger partial charge in [-0.3, -0.25) is 0 Å². The fourth-order valence-corrected chi connectivity index (χ4v) is 4.30. The molecule has 1 aromatic rings. The minimum atomic E-state index is 0.746. The zero-order valence-electron chi connectivity index (χ0n) is 11.8. The molecule has 4 rings (SSSR count). The van der Waals surface area contributed by atoms with Crippen molar-refractivity contribution in [3.63, 3.8) is 0 Å². The fourth-order valence-electron chi connectivity index (χ4n) is 4.30. The van der Waals surface area contributed by atoms with Crippen LogP contribution in [-0.4, -0.2) is 36.1 Å². The van der Waals surface area contributed by atoms with Crippen LogP contribution in [0.1, 0.15) is 43.6 Å². The first-order chi connectivity index (χ1) is 9.31. The summed E-state index contributed by atoms with van der Waals surface area (Å²) in [7, 11) is 2.32. The highest BCUT2D eigenvalue weighted by Gasteiger charge is 2.43. The Balaban J connectivity index is 1.35. The topological polar surface area (TPSA) is 15.3 Å². The van der Waals surface area contributed by atoms with Gasteiger partial charge in [0.2, 0.25) is 0 Å². The number of piperidine rings is 1. The zero-order valence-corrected chi connectivity index (χ0v) is 11.8. The maximum absolute atomic E-state index is 3.94. The number of fused-ring (bicyclic) bond motifs is 2. The molecule has 4 atom stereocenters. The molecule has 2 saturated heterocycles. The predicted octanol–water partition coefficient (Wildman–Crippen LogP) is 2.76. The highest BCUT2D eigenvalue weighted by atomic mass is 15.2. The number of nitrogens with zero attached hydrogens (tertiary/aromatic N) is 1. The van der Waals surface area contributed by atoms with Gasteiger partial charge in [-0.05, 0) is 44.7 Å². The molecule has 1 saturated carbocycles. The smallest absolute Gasteiger partial charge is 0.0145 e. The van der Waals surface area contributed by atoms with Gasteiger partial charge in [-0.1, -0.05) is 30.3 Å². The third-order valence-corrected chi connectivity index (χ3v) is 5.57. The van der Waals surface area contributed by atoms with Crippen molar-refractivity contribution >= 4 is 0 Å². The van der Waals surface area contributed by atoms with E-state index in [1.165, 1.54) is 37.7 Å². The van der Waals surface area contributed by atoms with E-state index < -0.39 is 0 Å². The van der Waals surface area contributed by atoms with E-state index in [0.717, 1.165) is 30.1 Å². The summed E-state index contributed by atoms with van der Waals surface area (Å²) in [6.45, 7) is 0. The molecule has 0 aromatic heterocycles. The predicted molar refractivity (Wildman–Crippen MR) is 78.3 cm³/mol. The van der Waals surface area contributed by atoms with Crippen molar-refractivity contribution in [3.05, 3.63) is 35.9 Å². The summed E-state index contributed by atoms with van der Waals surface area (Å²) < 4.78 is 0. The van der Waals surface area contributed by atoms with E-state index in [-0.39, 0.29) is 0 Å². The molecule has 1 aliphatic carbocycles. The number of hydrogen-bond donors (Lipinski definition) is 1. The molecule has 0 amide bonds. The molecule has 1 aromatic carbocycles. The molecule has 1 N–H and O–H groups in total. The minimum Gasteiger partial charge on any atom is -0.310 e. The van der Waals surface area contributed by atoms with Crippen molar-refractivity contribution < 1.29 is 0 Å². The molecule has 102 valence electrons. The van der Waals surface area contributed by atoms with Crippen molar-refractivity contribution in [1.29, 1.82) is 0 Å². The van der Waals surface area contributed by atoms with Gasteiger partial charge in [-0.25, -0.2) is 0 Å². The lowest BCUT2D eigenvalue weighted by molar-refractivity contribution is 0.148. The van der Waals surface area contributed by atoms with E-state index in [2.05, 4.69) is 47.6 Å². The molecule has 2 bridgehead atoms. The Labute approximate surface area is 116 Å². The maximum Gasteiger partial charge on any atom is 0.0145 e. The molecule has 2 heterocycles. The average Bonchev–Trinajstić information content (AvgIpc) is 3.16. The van der Waals surface area contributed by atoms with Crippen LogP contribution >= 0.6 is 0 Å². The Hall–Kier alpha value is -0.860. The standard InChI is InChI=1S/C17H24N2/c1-19-14-7-8-15(19)10-13(9-14)18-17-11-16(17)12-5-3-2-4-6-12/h2-6,13-18H,7-11H2,1H3. The van der Waals surface area contributed by atoms with Gasteiger partial charge < -0.3 is 10.2 Å². The van der Waals surface area contributed by atoms with Crippen LogP contribution in [0.4, 0.5) is 0 Å². The lowest BCUT2D eigenvalue weighted by Crippen LogP contribution is -2.47. The Bertz CT molecular complexity index is 430. The molecule has 2 nitrogen and oxygen atoms in total. The average molecular weight is 256 g/mol. The first-order valence-corrected chi connectivity index (χ1v) is 7.84. The molecular weight excluding hydrogens is 232 g/mol. The van der Waals surface area contributed by atoms with Gasteiger partial charge in [-0.2, -0.15) is 0 Å². The maximum atomic E-state index is 3.94. The van der Waals surface area contributed by atoms with E-state index in [4.69, 9.17) is 0 Å². The van der Waals surface area contributed by atoms with E-state index >= 15 is 0 Å². The third-order valence-electron chi connectivity index (χ3n) is 5.57. The van der Waals surface area contributed by atoms with Crippen LogP contribution in [0.2, 0.25) is 0 Å². The largest absolute Gasteiger partial charge is 0.310 e. The van der Waals surface area contributed by atoms with Crippen LogP contribution in [0, 0.1) is 0 Å². The van der Waals surface area contributed by atoms with Gasteiger partial charge in [-0.15, -0.1) is 0 Å². The van der Waals surface area contributed by atoms with Gasteiger partial charge in [0.25, 0.3) is 0 Å². The molecule has 3 aliphatic rings. The van der Waals surface area contributed by atoms with Crippen LogP contribution in [-0.2, 0) is 0 Å². The van der Waals surface area contributed by atoms with E-state index in [1.54, 1.807) is 0 Å². The van der Waals surface area contributed by atoms with Crippen molar-refractivity contribution in [2.45, 2.75) is 62.2 Å². The molecule has 0 spiro atoms. The van der Waals surface area contributed by atoms with Crippen LogP contribution < -0.4 is 5.32 Å². The quantitative estimate of drug-likeness (QED) is 0.894. The second-order valence-corrected chi connectivity index (χ2v) is 6.74. The summed E-state index contributed by atoms with van der Waals surface area (Å²) in [5.74, 6) is 0.776. The van der Waals surface area contributed by atoms with Crippen LogP contribution in [0.3, 0.4) is 0 Å². The SMILES string of the molecule is CN1C2CCC1CC(NC1CC1c1ccccc1)C2. The zero-order chi connectivity index (χ0) is 12.8. The second-order valence-electron chi connectivity index (χ2n) is 6.74. The van der Waals surface area contributed by atoms with E-state index in [9.17, 15) is 0 Å². The highest BCUT2D eigenvalue weighted by Crippen LogP contribution is 2.42. The third kappa shape index (κ3) is 2.21. The number of rotatable bonds is 3. The van der Waals surface area contributed by atoms with Crippen molar-refractivity contribution in [1.82, 2.24) is 10.2 Å². The molecule has 0 radical (unpaired) electrons. The second kappa shape index (κ2) is 4.60. The van der Waals surface area contributed by atoms with Gasteiger partial charge in [0, 0.05) is 30.1 Å². The summed E-state index contributed by atoms with van der Waals surface area (Å²) in [4.78, 5) is 2.62. The summed E-state index contributed by atoms with van der Waals surface area (Å²) in [6.07, 6.45) is 6.92. The van der Waals surface area contributed by atoms with Crippen molar-refractivity contribution in [2.75, 3.05) is 7.05 Å². The van der Waals surface area contributed by atoms with Gasteiger partial charge in [0.1, 0.15) is 0 Å². The van der Waals surface area contributed by atoms with Crippen LogP contribution in [0.15, 0.2) is 30.3 Å². The first kappa shape index (κ1) is 11.9. The molecule has 19 heavy (non-hydrogen) atoms. The summed E-state index contributed by atoms with van der Waals surface area (Å²) in [5, 5.41) is 3.94. The van der Waals surface area contributed by atoms with Crippen LogP contribution in [0.5, 0.6) is 0 Å². The van der Waals surface area contributed by atoms with Crippen LogP contribution in [0.25, 0.3) is 0 Å². The van der Waals surface area contributed by atoms with Gasteiger partial charge >= 0.3 is 0 Å². The Kier molecular flexibility index (Phi) is 2.89. The number of nitrogens with one attached hydrogen (secondary N) is 1. The molecule has 2 heteroatoms. The van der Waals surface area contributed by atoms with E-state index in [1.807, 2.05) is 0 Å². The Morgan fingerprint density at radius 3 is 2.37 bits per heavy atom. The van der Waals surface area contributed by atoms with Crippen molar-refractivity contribution in [3.8, 4) is 0 Å². The molecule has 2 aliphatic heterocycles. The Morgan fingerprint density at radius 2 is 1.68 bits per heavy atom. The lowest BCUT2D eigenvalue weighted by atomic mass is 9.98. The van der Waals surface area contributed by atoms with E-state index in [0.29, 0.717) is 0 Å². The lowest BCUT2D eigenvalue weighted by Gasteiger charge is -2.36. The Morgan fingerprint density at radius 1 is 1.00 bits per heavy atom. The van der Waals surface area contributed by atoms with Gasteiger partial charge in [0.15, 0.2) is 0 Å². The van der Waals surface area contributed by atoms with Crippen molar-refractivity contribution in [2.24, 2.45) is 0 Å². The summed E-state index contributed by atoms with van der Waals surface area (Å²) >= 11 is 0. The molecular formula is C17H24N2. The monoisotopic (exact) mass is 256 g/mol. The first-order valence-electron chi connectivity index (χ1n) is 7.84. The molecule has 4 unspecified atom stereocenters. The highest BCUT2D eigenvalue weighted by molar-refractivity contribution is 5.27.